The van der Waals surface area contributed by atoms with Gasteiger partial charge in [0.1, 0.15) is 0 Å². The molecule has 1 atom stereocenters. The molecular formula is C8H13BrN2O3. The fourth-order valence-electron chi connectivity index (χ4n) is 1.52. The highest BCUT2D eigenvalue weighted by Gasteiger charge is 2.49. The molecule has 0 N–H and O–H groups in total. The maximum absolute atomic E-state index is 11.8. The standard InChI is InChI=1S/C8H13BrN2O3/c1-2-8(9,11(13)14)7(12)10-5-3-4-6-10/h2-6H2,1H3. The summed E-state index contributed by atoms with van der Waals surface area (Å²) in [5.41, 5.74) is 0. The normalized spacial score (nSPS) is 20.6. The Hall–Kier alpha value is -0.650. The van der Waals surface area contributed by atoms with E-state index in [-0.39, 0.29) is 6.42 Å². The zero-order valence-corrected chi connectivity index (χ0v) is 9.62. The summed E-state index contributed by atoms with van der Waals surface area (Å²) in [6, 6.07) is 0. The van der Waals surface area contributed by atoms with E-state index in [4.69, 9.17) is 0 Å². The Morgan fingerprint density at radius 2 is 2.07 bits per heavy atom. The Bertz CT molecular complexity index is 253. The summed E-state index contributed by atoms with van der Waals surface area (Å²) in [4.78, 5) is 23.5. The molecule has 5 nitrogen and oxygen atoms in total. The second-order valence-electron chi connectivity index (χ2n) is 3.37. The zero-order valence-electron chi connectivity index (χ0n) is 8.03. The summed E-state index contributed by atoms with van der Waals surface area (Å²) in [5, 5.41) is 10.8. The van der Waals surface area contributed by atoms with E-state index in [1.54, 1.807) is 11.8 Å². The molecule has 1 aliphatic heterocycles. The van der Waals surface area contributed by atoms with Crippen molar-refractivity contribution in [3.05, 3.63) is 10.1 Å². The van der Waals surface area contributed by atoms with Crippen LogP contribution in [0.2, 0.25) is 0 Å². The van der Waals surface area contributed by atoms with Crippen molar-refractivity contribution in [1.82, 2.24) is 4.90 Å². The molecule has 0 saturated carbocycles. The highest BCUT2D eigenvalue weighted by molar-refractivity contribution is 9.10. The molecule has 1 unspecified atom stereocenters. The van der Waals surface area contributed by atoms with E-state index in [0.29, 0.717) is 13.1 Å². The highest BCUT2D eigenvalue weighted by atomic mass is 79.9. The van der Waals surface area contributed by atoms with E-state index < -0.39 is 15.3 Å². The number of likely N-dealkylation sites (tertiary alicyclic amines) is 1. The predicted molar refractivity (Wildman–Crippen MR) is 54.8 cm³/mol. The third-order valence-electron chi connectivity index (χ3n) is 2.48. The molecule has 14 heavy (non-hydrogen) atoms. The van der Waals surface area contributed by atoms with Crippen LogP contribution in [0, 0.1) is 10.1 Å². The van der Waals surface area contributed by atoms with Crippen LogP contribution >= 0.6 is 15.9 Å². The topological polar surface area (TPSA) is 63.5 Å². The summed E-state index contributed by atoms with van der Waals surface area (Å²) < 4.78 is -1.61. The molecule has 0 radical (unpaired) electrons. The third kappa shape index (κ3) is 1.89. The Labute approximate surface area is 90.7 Å². The average Bonchev–Trinajstić information content (AvgIpc) is 2.67. The van der Waals surface area contributed by atoms with Gasteiger partial charge < -0.3 is 4.90 Å². The van der Waals surface area contributed by atoms with Crippen LogP contribution in [-0.2, 0) is 4.79 Å². The molecule has 1 saturated heterocycles. The van der Waals surface area contributed by atoms with E-state index in [1.165, 1.54) is 0 Å². The number of hydrogen-bond acceptors (Lipinski definition) is 3. The number of halogens is 1. The molecule has 0 bridgehead atoms. The molecule has 1 rings (SSSR count). The number of alkyl halides is 1. The molecule has 1 fully saturated rings. The Morgan fingerprint density at radius 1 is 1.57 bits per heavy atom. The van der Waals surface area contributed by atoms with Crippen LogP contribution in [0.15, 0.2) is 0 Å². The van der Waals surface area contributed by atoms with E-state index in [2.05, 4.69) is 15.9 Å². The molecule has 0 aliphatic carbocycles. The fourth-order valence-corrected chi connectivity index (χ4v) is 1.77. The predicted octanol–water partition coefficient (Wildman–Crippen LogP) is 1.39. The first-order chi connectivity index (χ1) is 6.52. The van der Waals surface area contributed by atoms with Crippen molar-refractivity contribution in [3.8, 4) is 0 Å². The molecule has 6 heteroatoms. The number of nitro groups is 1. The lowest BCUT2D eigenvalue weighted by atomic mass is 10.2. The number of carbonyl (C=O) groups is 1. The molecular weight excluding hydrogens is 252 g/mol. The van der Waals surface area contributed by atoms with Gasteiger partial charge in [-0.15, -0.1) is 0 Å². The van der Waals surface area contributed by atoms with Crippen LogP contribution in [0.25, 0.3) is 0 Å². The maximum Gasteiger partial charge on any atom is 0.350 e. The molecule has 1 aliphatic rings. The van der Waals surface area contributed by atoms with Crippen LogP contribution in [-0.4, -0.2) is 33.3 Å². The Balaban J connectivity index is 2.78. The van der Waals surface area contributed by atoms with E-state index in [9.17, 15) is 14.9 Å². The van der Waals surface area contributed by atoms with Gasteiger partial charge in [-0.3, -0.25) is 14.9 Å². The number of rotatable bonds is 3. The summed E-state index contributed by atoms with van der Waals surface area (Å²) in [5.74, 6) is -0.414. The van der Waals surface area contributed by atoms with Crippen molar-refractivity contribution in [2.75, 3.05) is 13.1 Å². The van der Waals surface area contributed by atoms with Crippen LogP contribution in [0.5, 0.6) is 0 Å². The average molecular weight is 265 g/mol. The summed E-state index contributed by atoms with van der Waals surface area (Å²) >= 11 is 2.93. The summed E-state index contributed by atoms with van der Waals surface area (Å²) in [6.07, 6.45) is 2.04. The van der Waals surface area contributed by atoms with Gasteiger partial charge in [0, 0.05) is 40.4 Å². The molecule has 0 aromatic rings. The first-order valence-electron chi connectivity index (χ1n) is 4.65. The largest absolute Gasteiger partial charge is 0.350 e. The molecule has 80 valence electrons. The van der Waals surface area contributed by atoms with Gasteiger partial charge in [-0.05, 0) is 12.8 Å². The number of nitrogens with zero attached hydrogens (tertiary/aromatic N) is 2. The van der Waals surface area contributed by atoms with Gasteiger partial charge in [-0.2, -0.15) is 0 Å². The minimum Gasteiger partial charge on any atom is -0.336 e. The van der Waals surface area contributed by atoms with Gasteiger partial charge in [0.15, 0.2) is 0 Å². The summed E-state index contributed by atoms with van der Waals surface area (Å²) in [6.45, 7) is 2.91. The zero-order chi connectivity index (χ0) is 10.8. The van der Waals surface area contributed by atoms with Crippen molar-refractivity contribution >= 4 is 21.8 Å². The Kier molecular flexibility index (Phi) is 3.47. The quantitative estimate of drug-likeness (QED) is 0.335. The lowest BCUT2D eigenvalue weighted by Gasteiger charge is -2.22. The van der Waals surface area contributed by atoms with Crippen LogP contribution < -0.4 is 0 Å². The van der Waals surface area contributed by atoms with Gasteiger partial charge in [0.05, 0.1) is 0 Å². The molecule has 1 heterocycles. The molecule has 0 aromatic carbocycles. The Morgan fingerprint density at radius 3 is 2.43 bits per heavy atom. The number of hydrogen-bond donors (Lipinski definition) is 0. The van der Waals surface area contributed by atoms with E-state index in [1.807, 2.05) is 0 Å². The third-order valence-corrected chi connectivity index (χ3v) is 3.67. The van der Waals surface area contributed by atoms with Crippen LogP contribution in [0.1, 0.15) is 26.2 Å². The minimum absolute atomic E-state index is 0.162. The van der Waals surface area contributed by atoms with Crippen molar-refractivity contribution in [2.45, 2.75) is 30.6 Å². The SMILES string of the molecule is CCC(Br)(C(=O)N1CCCC1)[N+](=O)[O-]. The monoisotopic (exact) mass is 264 g/mol. The van der Waals surface area contributed by atoms with Gasteiger partial charge in [-0.25, -0.2) is 0 Å². The van der Waals surface area contributed by atoms with Crippen molar-refractivity contribution in [2.24, 2.45) is 0 Å². The van der Waals surface area contributed by atoms with Crippen LogP contribution in [0.4, 0.5) is 0 Å². The summed E-state index contributed by atoms with van der Waals surface area (Å²) in [7, 11) is 0. The second kappa shape index (κ2) is 4.25. The minimum atomic E-state index is -1.61. The fraction of sp³-hybridized carbons (Fsp3) is 0.875. The first-order valence-corrected chi connectivity index (χ1v) is 5.44. The van der Waals surface area contributed by atoms with Crippen molar-refractivity contribution < 1.29 is 9.72 Å². The lowest BCUT2D eigenvalue weighted by Crippen LogP contribution is -2.48. The molecule has 0 aromatic heterocycles. The van der Waals surface area contributed by atoms with Gasteiger partial charge >= 0.3 is 10.4 Å². The van der Waals surface area contributed by atoms with Gasteiger partial charge in [0.25, 0.3) is 0 Å². The van der Waals surface area contributed by atoms with E-state index >= 15 is 0 Å². The van der Waals surface area contributed by atoms with Crippen LogP contribution in [0.3, 0.4) is 0 Å². The first kappa shape index (κ1) is 11.4. The van der Waals surface area contributed by atoms with E-state index in [0.717, 1.165) is 12.8 Å². The number of carbonyl (C=O) groups excluding carboxylic acids is 1. The second-order valence-corrected chi connectivity index (χ2v) is 4.68. The molecule has 1 amide bonds. The maximum atomic E-state index is 11.8. The molecule has 0 spiro atoms. The van der Waals surface area contributed by atoms with Crippen molar-refractivity contribution in [1.29, 1.82) is 0 Å². The van der Waals surface area contributed by atoms with Gasteiger partial charge in [0.2, 0.25) is 0 Å². The van der Waals surface area contributed by atoms with Crippen molar-refractivity contribution in [3.63, 3.8) is 0 Å². The number of amides is 1. The smallest absolute Gasteiger partial charge is 0.336 e. The van der Waals surface area contributed by atoms with Gasteiger partial charge in [-0.1, -0.05) is 6.92 Å². The lowest BCUT2D eigenvalue weighted by molar-refractivity contribution is -0.521. The highest BCUT2D eigenvalue weighted by Crippen LogP contribution is 2.27.